The SMILES string of the molecule is Cc1cccc(Nc2ccc(NC(=O)Cc3cccs3)nc2)c1. The normalized spacial score (nSPS) is 10.3. The van der Waals surface area contributed by atoms with Gasteiger partial charge in [0.2, 0.25) is 5.91 Å². The van der Waals surface area contributed by atoms with Crippen LogP contribution in [0.2, 0.25) is 0 Å². The Morgan fingerprint density at radius 3 is 2.74 bits per heavy atom. The Morgan fingerprint density at radius 2 is 2.04 bits per heavy atom. The molecule has 0 aliphatic rings. The van der Waals surface area contributed by atoms with Gasteiger partial charge < -0.3 is 10.6 Å². The summed E-state index contributed by atoms with van der Waals surface area (Å²) in [6.45, 7) is 2.05. The highest BCUT2D eigenvalue weighted by Crippen LogP contribution is 2.18. The van der Waals surface area contributed by atoms with Crippen LogP contribution in [0, 0.1) is 6.92 Å². The van der Waals surface area contributed by atoms with Gasteiger partial charge in [0.25, 0.3) is 0 Å². The molecule has 1 aromatic carbocycles. The number of carbonyl (C=O) groups excluding carboxylic acids is 1. The second kappa shape index (κ2) is 7.07. The lowest BCUT2D eigenvalue weighted by Crippen LogP contribution is -2.14. The first-order chi connectivity index (χ1) is 11.2. The molecule has 0 unspecified atom stereocenters. The Bertz CT molecular complexity index is 782. The van der Waals surface area contributed by atoms with E-state index < -0.39 is 0 Å². The number of carbonyl (C=O) groups is 1. The van der Waals surface area contributed by atoms with E-state index in [2.05, 4.69) is 34.7 Å². The molecule has 3 aromatic rings. The van der Waals surface area contributed by atoms with Crippen LogP contribution in [0.5, 0.6) is 0 Å². The summed E-state index contributed by atoms with van der Waals surface area (Å²) >= 11 is 1.58. The van der Waals surface area contributed by atoms with Gasteiger partial charge in [0.15, 0.2) is 0 Å². The summed E-state index contributed by atoms with van der Waals surface area (Å²) in [5.74, 6) is 0.501. The summed E-state index contributed by atoms with van der Waals surface area (Å²) in [7, 11) is 0. The van der Waals surface area contributed by atoms with E-state index in [1.807, 2.05) is 35.7 Å². The maximum absolute atomic E-state index is 11.9. The number of aryl methyl sites for hydroxylation is 1. The highest BCUT2D eigenvalue weighted by molar-refractivity contribution is 7.10. The van der Waals surface area contributed by atoms with E-state index >= 15 is 0 Å². The number of amides is 1. The van der Waals surface area contributed by atoms with Gasteiger partial charge in [-0.15, -0.1) is 11.3 Å². The van der Waals surface area contributed by atoms with Crippen LogP contribution in [-0.2, 0) is 11.2 Å². The Hall–Kier alpha value is -2.66. The third-order valence-electron chi connectivity index (χ3n) is 3.25. The van der Waals surface area contributed by atoms with E-state index in [1.165, 1.54) is 5.56 Å². The summed E-state index contributed by atoms with van der Waals surface area (Å²) in [5, 5.41) is 8.06. The largest absolute Gasteiger partial charge is 0.354 e. The highest BCUT2D eigenvalue weighted by atomic mass is 32.1. The summed E-state index contributed by atoms with van der Waals surface area (Å²) in [5.41, 5.74) is 3.09. The monoisotopic (exact) mass is 323 g/mol. The average Bonchev–Trinajstić information content (AvgIpc) is 3.02. The topological polar surface area (TPSA) is 54.0 Å². The van der Waals surface area contributed by atoms with E-state index in [0.717, 1.165) is 16.3 Å². The third kappa shape index (κ3) is 4.40. The first-order valence-corrected chi connectivity index (χ1v) is 8.19. The zero-order valence-electron chi connectivity index (χ0n) is 12.7. The molecule has 0 bridgehead atoms. The molecule has 2 N–H and O–H groups in total. The Balaban J connectivity index is 1.59. The molecular formula is C18H17N3OS. The van der Waals surface area contributed by atoms with Crippen molar-refractivity contribution in [3.8, 4) is 0 Å². The molecule has 116 valence electrons. The first-order valence-electron chi connectivity index (χ1n) is 7.31. The van der Waals surface area contributed by atoms with Crippen LogP contribution in [0.1, 0.15) is 10.4 Å². The molecule has 2 aromatic heterocycles. The summed E-state index contributed by atoms with van der Waals surface area (Å²) in [4.78, 5) is 17.3. The van der Waals surface area contributed by atoms with Crippen LogP contribution < -0.4 is 10.6 Å². The number of nitrogens with zero attached hydrogens (tertiary/aromatic N) is 1. The third-order valence-corrected chi connectivity index (χ3v) is 4.13. The van der Waals surface area contributed by atoms with Gasteiger partial charge in [-0.2, -0.15) is 0 Å². The number of rotatable bonds is 5. The lowest BCUT2D eigenvalue weighted by Gasteiger charge is -2.08. The van der Waals surface area contributed by atoms with Gasteiger partial charge >= 0.3 is 0 Å². The van der Waals surface area contributed by atoms with E-state index in [1.54, 1.807) is 23.6 Å². The number of thiophene rings is 1. The molecule has 0 fully saturated rings. The Kier molecular flexibility index (Phi) is 4.68. The maximum Gasteiger partial charge on any atom is 0.230 e. The van der Waals surface area contributed by atoms with Gasteiger partial charge in [0.05, 0.1) is 18.3 Å². The molecular weight excluding hydrogens is 306 g/mol. The molecule has 0 saturated carbocycles. The van der Waals surface area contributed by atoms with Crippen molar-refractivity contribution in [2.24, 2.45) is 0 Å². The van der Waals surface area contributed by atoms with Gasteiger partial charge in [-0.3, -0.25) is 4.79 Å². The minimum Gasteiger partial charge on any atom is -0.354 e. The first kappa shape index (κ1) is 15.2. The molecule has 4 nitrogen and oxygen atoms in total. The second-order valence-electron chi connectivity index (χ2n) is 5.23. The minimum absolute atomic E-state index is 0.0562. The van der Waals surface area contributed by atoms with E-state index in [4.69, 9.17) is 0 Å². The smallest absolute Gasteiger partial charge is 0.230 e. The number of benzene rings is 1. The van der Waals surface area contributed by atoms with Crippen LogP contribution >= 0.6 is 11.3 Å². The quantitative estimate of drug-likeness (QED) is 0.733. The van der Waals surface area contributed by atoms with Crippen molar-refractivity contribution >= 4 is 34.4 Å². The van der Waals surface area contributed by atoms with Gasteiger partial charge in [0, 0.05) is 10.6 Å². The van der Waals surface area contributed by atoms with E-state index in [-0.39, 0.29) is 5.91 Å². The highest BCUT2D eigenvalue weighted by Gasteiger charge is 2.05. The van der Waals surface area contributed by atoms with Gasteiger partial charge in [-0.1, -0.05) is 18.2 Å². The standard InChI is InChI=1S/C18H17N3OS/c1-13-4-2-5-14(10-13)20-15-7-8-17(19-12-15)21-18(22)11-16-6-3-9-23-16/h2-10,12,20H,11H2,1H3,(H,19,21,22). The Morgan fingerprint density at radius 1 is 1.13 bits per heavy atom. The fourth-order valence-corrected chi connectivity index (χ4v) is 2.89. The molecule has 0 saturated heterocycles. The van der Waals surface area contributed by atoms with Crippen LogP contribution in [0.15, 0.2) is 60.1 Å². The van der Waals surface area contributed by atoms with Crippen LogP contribution in [0.25, 0.3) is 0 Å². The predicted octanol–water partition coefficient (Wildman–Crippen LogP) is 4.38. The fourth-order valence-electron chi connectivity index (χ4n) is 2.19. The molecule has 3 rings (SSSR count). The Labute approximate surface area is 139 Å². The molecule has 23 heavy (non-hydrogen) atoms. The average molecular weight is 323 g/mol. The predicted molar refractivity (Wildman–Crippen MR) is 95.4 cm³/mol. The van der Waals surface area contributed by atoms with Gasteiger partial charge in [-0.25, -0.2) is 4.98 Å². The molecule has 2 heterocycles. The molecule has 5 heteroatoms. The zero-order valence-corrected chi connectivity index (χ0v) is 13.6. The molecule has 0 aliphatic heterocycles. The van der Waals surface area contributed by atoms with Crippen LogP contribution in [0.3, 0.4) is 0 Å². The number of nitrogens with one attached hydrogen (secondary N) is 2. The van der Waals surface area contributed by atoms with Crippen molar-refractivity contribution in [2.75, 3.05) is 10.6 Å². The molecule has 0 spiro atoms. The lowest BCUT2D eigenvalue weighted by molar-refractivity contribution is -0.115. The van der Waals surface area contributed by atoms with Crippen molar-refractivity contribution in [2.45, 2.75) is 13.3 Å². The number of hydrogen-bond donors (Lipinski definition) is 2. The lowest BCUT2D eigenvalue weighted by atomic mass is 10.2. The number of pyridine rings is 1. The minimum atomic E-state index is -0.0562. The number of aromatic nitrogens is 1. The van der Waals surface area contributed by atoms with Crippen molar-refractivity contribution in [3.63, 3.8) is 0 Å². The van der Waals surface area contributed by atoms with Crippen LogP contribution in [-0.4, -0.2) is 10.9 Å². The zero-order chi connectivity index (χ0) is 16.1. The number of anilines is 3. The molecule has 0 atom stereocenters. The van der Waals surface area contributed by atoms with E-state index in [9.17, 15) is 4.79 Å². The summed E-state index contributed by atoms with van der Waals surface area (Å²) < 4.78 is 0. The summed E-state index contributed by atoms with van der Waals surface area (Å²) in [6.07, 6.45) is 2.09. The van der Waals surface area contributed by atoms with Crippen LogP contribution in [0.4, 0.5) is 17.2 Å². The van der Waals surface area contributed by atoms with Gasteiger partial charge in [-0.05, 0) is 48.2 Å². The second-order valence-corrected chi connectivity index (χ2v) is 6.26. The molecule has 1 amide bonds. The molecule has 0 aliphatic carbocycles. The summed E-state index contributed by atoms with van der Waals surface area (Å²) in [6, 6.07) is 15.7. The van der Waals surface area contributed by atoms with Gasteiger partial charge in [0.1, 0.15) is 5.82 Å². The maximum atomic E-state index is 11.9. The fraction of sp³-hybridized carbons (Fsp3) is 0.111. The number of hydrogen-bond acceptors (Lipinski definition) is 4. The van der Waals surface area contributed by atoms with Crippen molar-refractivity contribution in [3.05, 3.63) is 70.5 Å². The van der Waals surface area contributed by atoms with Crippen molar-refractivity contribution < 1.29 is 4.79 Å². The van der Waals surface area contributed by atoms with E-state index in [0.29, 0.717) is 12.2 Å². The van der Waals surface area contributed by atoms with Crippen molar-refractivity contribution in [1.29, 1.82) is 0 Å². The van der Waals surface area contributed by atoms with Crippen molar-refractivity contribution in [1.82, 2.24) is 4.98 Å². The molecule has 0 radical (unpaired) electrons.